The largest absolute Gasteiger partial charge is 0.383 e. The summed E-state index contributed by atoms with van der Waals surface area (Å²) in [6, 6.07) is 9.07. The summed E-state index contributed by atoms with van der Waals surface area (Å²) < 4.78 is 5.17. The molecule has 1 saturated heterocycles. The van der Waals surface area contributed by atoms with Gasteiger partial charge in [0.1, 0.15) is 11.9 Å². The molecular formula is C20H26N4O4. The van der Waals surface area contributed by atoms with Crippen molar-refractivity contribution < 1.29 is 19.1 Å². The van der Waals surface area contributed by atoms with E-state index in [1.807, 2.05) is 37.3 Å². The molecule has 0 spiro atoms. The Bertz CT molecular complexity index is 795. The molecule has 3 atom stereocenters. The minimum Gasteiger partial charge on any atom is -0.383 e. The Morgan fingerprint density at radius 2 is 1.89 bits per heavy atom. The number of nitrogens with zero attached hydrogens (tertiary/aromatic N) is 3. The molecule has 2 aliphatic heterocycles. The predicted molar refractivity (Wildman–Crippen MR) is 103 cm³/mol. The molecule has 2 aliphatic rings. The molecule has 0 bridgehead atoms. The van der Waals surface area contributed by atoms with Crippen LogP contribution in [-0.2, 0) is 14.3 Å². The zero-order valence-electron chi connectivity index (χ0n) is 16.6. The molecule has 1 aromatic carbocycles. The van der Waals surface area contributed by atoms with Gasteiger partial charge in [0.05, 0.1) is 18.6 Å². The Labute approximate surface area is 164 Å². The van der Waals surface area contributed by atoms with Crippen LogP contribution in [0, 0.1) is 5.92 Å². The molecule has 3 rings (SSSR count). The first-order valence-electron chi connectivity index (χ1n) is 9.24. The number of hydrogen-bond acceptors (Lipinski definition) is 5. The highest BCUT2D eigenvalue weighted by atomic mass is 16.5. The summed E-state index contributed by atoms with van der Waals surface area (Å²) in [5, 5.41) is 2.99. The number of amides is 4. The molecule has 4 amide bonds. The maximum absolute atomic E-state index is 13.0. The van der Waals surface area contributed by atoms with Crippen molar-refractivity contribution in [3.63, 3.8) is 0 Å². The lowest BCUT2D eigenvalue weighted by atomic mass is 10.0. The first-order chi connectivity index (χ1) is 13.4. The van der Waals surface area contributed by atoms with E-state index in [4.69, 9.17) is 4.74 Å². The Kier molecular flexibility index (Phi) is 5.69. The van der Waals surface area contributed by atoms with Gasteiger partial charge < -0.3 is 19.9 Å². The molecule has 1 aromatic rings. The molecule has 0 aromatic heterocycles. The average Bonchev–Trinajstić information content (AvgIpc) is 3.09. The third-order valence-electron chi connectivity index (χ3n) is 5.30. The first kappa shape index (κ1) is 19.9. The summed E-state index contributed by atoms with van der Waals surface area (Å²) in [6.07, 6.45) is 1.13. The van der Waals surface area contributed by atoms with Crippen LogP contribution in [-0.4, -0.2) is 73.1 Å². The van der Waals surface area contributed by atoms with Gasteiger partial charge in [-0.15, -0.1) is 0 Å². The van der Waals surface area contributed by atoms with Crippen molar-refractivity contribution in [3.05, 3.63) is 47.7 Å². The summed E-state index contributed by atoms with van der Waals surface area (Å²) in [5.74, 6) is -1.18. The summed E-state index contributed by atoms with van der Waals surface area (Å²) in [4.78, 5) is 42.4. The van der Waals surface area contributed by atoms with Crippen molar-refractivity contribution in [3.8, 4) is 0 Å². The SMILES string of the molecule is COCCN1C(C(=O)NC(C)c2ccccc2)=CC2C(=O)N(C)C(=O)N(C)C21. The molecule has 8 nitrogen and oxygen atoms in total. The number of imide groups is 1. The summed E-state index contributed by atoms with van der Waals surface area (Å²) in [5.41, 5.74) is 1.37. The predicted octanol–water partition coefficient (Wildman–Crippen LogP) is 1.18. The molecule has 1 fully saturated rings. The second-order valence-corrected chi connectivity index (χ2v) is 7.07. The second-order valence-electron chi connectivity index (χ2n) is 7.07. The Morgan fingerprint density at radius 3 is 2.54 bits per heavy atom. The molecular weight excluding hydrogens is 360 g/mol. The van der Waals surface area contributed by atoms with Gasteiger partial charge in [0, 0.05) is 27.7 Å². The molecule has 0 aliphatic carbocycles. The number of nitrogens with one attached hydrogen (secondary N) is 1. The average molecular weight is 386 g/mol. The number of carbonyl (C=O) groups is 3. The van der Waals surface area contributed by atoms with Crippen LogP contribution >= 0.6 is 0 Å². The molecule has 28 heavy (non-hydrogen) atoms. The van der Waals surface area contributed by atoms with Gasteiger partial charge in [-0.3, -0.25) is 14.5 Å². The highest BCUT2D eigenvalue weighted by Crippen LogP contribution is 2.34. The molecule has 0 radical (unpaired) electrons. The van der Waals surface area contributed by atoms with E-state index in [9.17, 15) is 14.4 Å². The zero-order valence-corrected chi connectivity index (χ0v) is 16.6. The highest BCUT2D eigenvalue weighted by Gasteiger charge is 2.50. The number of hydrogen-bond donors (Lipinski definition) is 1. The summed E-state index contributed by atoms with van der Waals surface area (Å²) in [6.45, 7) is 2.67. The maximum atomic E-state index is 13.0. The van der Waals surface area contributed by atoms with Crippen molar-refractivity contribution in [2.45, 2.75) is 19.1 Å². The fourth-order valence-electron chi connectivity index (χ4n) is 3.75. The lowest BCUT2D eigenvalue weighted by Gasteiger charge is -2.43. The van der Waals surface area contributed by atoms with Gasteiger partial charge >= 0.3 is 6.03 Å². The van der Waals surface area contributed by atoms with Gasteiger partial charge in [0.15, 0.2) is 0 Å². The van der Waals surface area contributed by atoms with Gasteiger partial charge in [-0.25, -0.2) is 4.79 Å². The summed E-state index contributed by atoms with van der Waals surface area (Å²) >= 11 is 0. The Hall–Kier alpha value is -2.87. The minimum atomic E-state index is -0.586. The van der Waals surface area contributed by atoms with Crippen LogP contribution in [0.25, 0.3) is 0 Å². The van der Waals surface area contributed by atoms with Gasteiger partial charge in [-0.05, 0) is 18.6 Å². The number of urea groups is 1. The Balaban J connectivity index is 1.86. The second kappa shape index (κ2) is 8.02. The monoisotopic (exact) mass is 386 g/mol. The fraction of sp³-hybridized carbons (Fsp3) is 0.450. The third kappa shape index (κ3) is 3.47. The Morgan fingerprint density at radius 1 is 1.21 bits per heavy atom. The molecule has 2 heterocycles. The number of carbonyl (C=O) groups excluding carboxylic acids is 3. The van der Waals surface area contributed by atoms with Crippen molar-refractivity contribution in [1.82, 2.24) is 20.0 Å². The van der Waals surface area contributed by atoms with Crippen LogP contribution in [0.3, 0.4) is 0 Å². The minimum absolute atomic E-state index is 0.195. The molecule has 1 N–H and O–H groups in total. The smallest absolute Gasteiger partial charge is 0.327 e. The zero-order chi connectivity index (χ0) is 20.4. The van der Waals surface area contributed by atoms with Gasteiger partial charge in [-0.2, -0.15) is 0 Å². The maximum Gasteiger partial charge on any atom is 0.327 e. The fourth-order valence-corrected chi connectivity index (χ4v) is 3.75. The van der Waals surface area contributed by atoms with E-state index in [-0.39, 0.29) is 23.9 Å². The molecule has 3 unspecified atom stereocenters. The van der Waals surface area contributed by atoms with Crippen molar-refractivity contribution in [2.75, 3.05) is 34.4 Å². The van der Waals surface area contributed by atoms with Crippen molar-refractivity contribution in [2.24, 2.45) is 5.92 Å². The van der Waals surface area contributed by atoms with E-state index in [1.54, 1.807) is 25.1 Å². The van der Waals surface area contributed by atoms with E-state index in [1.165, 1.54) is 11.9 Å². The number of fused-ring (bicyclic) bond motifs is 1. The normalized spacial score (nSPS) is 22.9. The van der Waals surface area contributed by atoms with Crippen LogP contribution in [0.15, 0.2) is 42.1 Å². The number of ether oxygens (including phenoxy) is 1. The molecule has 0 saturated carbocycles. The van der Waals surface area contributed by atoms with Crippen LogP contribution in [0.1, 0.15) is 18.5 Å². The number of benzene rings is 1. The van der Waals surface area contributed by atoms with Gasteiger partial charge in [0.25, 0.3) is 5.91 Å². The van der Waals surface area contributed by atoms with Crippen LogP contribution in [0.4, 0.5) is 4.79 Å². The van der Waals surface area contributed by atoms with Crippen LogP contribution in [0.5, 0.6) is 0 Å². The van der Waals surface area contributed by atoms with Crippen LogP contribution < -0.4 is 5.32 Å². The van der Waals surface area contributed by atoms with Crippen LogP contribution in [0.2, 0.25) is 0 Å². The highest BCUT2D eigenvalue weighted by molar-refractivity contribution is 6.02. The third-order valence-corrected chi connectivity index (χ3v) is 5.30. The first-order valence-corrected chi connectivity index (χ1v) is 9.24. The van der Waals surface area contributed by atoms with E-state index < -0.39 is 12.1 Å². The lowest BCUT2D eigenvalue weighted by molar-refractivity contribution is -0.137. The molecule has 150 valence electrons. The number of rotatable bonds is 6. The van der Waals surface area contributed by atoms with E-state index in [0.29, 0.717) is 18.8 Å². The lowest BCUT2D eigenvalue weighted by Crippen LogP contribution is -2.62. The van der Waals surface area contributed by atoms with Crippen molar-refractivity contribution >= 4 is 17.8 Å². The van der Waals surface area contributed by atoms with Gasteiger partial charge in [0.2, 0.25) is 5.91 Å². The molecule has 8 heteroatoms. The topological polar surface area (TPSA) is 82.2 Å². The van der Waals surface area contributed by atoms with E-state index in [2.05, 4.69) is 5.32 Å². The number of methoxy groups -OCH3 is 1. The summed E-state index contributed by atoms with van der Waals surface area (Å²) in [7, 11) is 4.67. The quantitative estimate of drug-likeness (QED) is 0.794. The van der Waals surface area contributed by atoms with E-state index in [0.717, 1.165) is 10.5 Å². The van der Waals surface area contributed by atoms with Gasteiger partial charge in [-0.1, -0.05) is 30.3 Å². The standard InChI is InChI=1S/C20H26N4O4/c1-13(14-8-6-5-7-9-14)21-17(25)16-12-15-18(24(16)10-11-28-4)22(2)20(27)23(3)19(15)26/h5-9,12-13,15,18H,10-11H2,1-4H3,(H,21,25). The van der Waals surface area contributed by atoms with Crippen molar-refractivity contribution in [1.29, 1.82) is 0 Å². The van der Waals surface area contributed by atoms with E-state index >= 15 is 0 Å².